The molecule has 18 heavy (non-hydrogen) atoms. The molecule has 2 nitrogen and oxygen atoms in total. The molecule has 0 unspecified atom stereocenters. The number of rotatable bonds is 2. The van der Waals surface area contributed by atoms with Gasteiger partial charge in [0.25, 0.3) is 0 Å². The largest absolute Gasteiger partial charge is 0.329 e. The molecule has 0 aromatic rings. The number of fused-ring (bicyclic) bond motifs is 1. The van der Waals surface area contributed by atoms with Crippen molar-refractivity contribution < 1.29 is 0 Å². The van der Waals surface area contributed by atoms with Gasteiger partial charge in [0.05, 0.1) is 0 Å². The summed E-state index contributed by atoms with van der Waals surface area (Å²) in [6.07, 6.45) is 11.4. The maximum atomic E-state index is 6.24. The molecule has 2 N–H and O–H groups in total. The van der Waals surface area contributed by atoms with Gasteiger partial charge in [-0.05, 0) is 62.5 Å². The Hall–Kier alpha value is 0.270. The van der Waals surface area contributed by atoms with Crippen LogP contribution in [-0.2, 0) is 0 Å². The van der Waals surface area contributed by atoms with Crippen molar-refractivity contribution in [3.8, 4) is 0 Å². The standard InChI is InChI=1S/C15H28N2S/c16-12-15(7-10-18-11-8-15)17-9-3-5-13-4-1-2-6-14(13)17/h13-14H,1-12,16H2/t13-,14-/m1/s1. The Morgan fingerprint density at radius 3 is 2.56 bits per heavy atom. The van der Waals surface area contributed by atoms with Crippen LogP contribution in [0.2, 0.25) is 0 Å². The average molecular weight is 268 g/mol. The van der Waals surface area contributed by atoms with Crippen molar-refractivity contribution in [2.24, 2.45) is 11.7 Å². The van der Waals surface area contributed by atoms with Crippen LogP contribution < -0.4 is 5.73 Å². The first-order chi connectivity index (χ1) is 8.86. The number of nitrogens with two attached hydrogens (primary N) is 1. The molecule has 0 bridgehead atoms. The van der Waals surface area contributed by atoms with Crippen LogP contribution in [0, 0.1) is 5.92 Å². The van der Waals surface area contributed by atoms with Crippen molar-refractivity contribution in [1.82, 2.24) is 4.90 Å². The summed E-state index contributed by atoms with van der Waals surface area (Å²) in [6.45, 7) is 2.21. The van der Waals surface area contributed by atoms with E-state index in [1.807, 2.05) is 0 Å². The van der Waals surface area contributed by atoms with Crippen LogP contribution in [0.3, 0.4) is 0 Å². The lowest BCUT2D eigenvalue weighted by molar-refractivity contribution is -0.0299. The number of thioether (sulfide) groups is 1. The lowest BCUT2D eigenvalue weighted by Crippen LogP contribution is -2.63. The van der Waals surface area contributed by atoms with Crippen LogP contribution >= 0.6 is 11.8 Å². The SMILES string of the molecule is NCC1(N2CCC[C@H]3CCCC[C@H]32)CCSCC1. The fourth-order valence-corrected chi connectivity index (χ4v) is 5.83. The molecule has 3 heteroatoms. The Balaban J connectivity index is 1.79. The van der Waals surface area contributed by atoms with Gasteiger partial charge in [-0.3, -0.25) is 4.90 Å². The van der Waals surface area contributed by atoms with Crippen molar-refractivity contribution in [1.29, 1.82) is 0 Å². The van der Waals surface area contributed by atoms with E-state index in [-0.39, 0.29) is 0 Å². The van der Waals surface area contributed by atoms with E-state index in [1.54, 1.807) is 0 Å². The first kappa shape index (κ1) is 13.3. The van der Waals surface area contributed by atoms with E-state index in [9.17, 15) is 0 Å². The third kappa shape index (κ3) is 2.34. The highest BCUT2D eigenvalue weighted by Crippen LogP contribution is 2.42. The normalized spacial score (nSPS) is 37.2. The van der Waals surface area contributed by atoms with Gasteiger partial charge in [-0.1, -0.05) is 12.8 Å². The molecular formula is C15H28N2S. The quantitative estimate of drug-likeness (QED) is 0.835. The Morgan fingerprint density at radius 1 is 1.06 bits per heavy atom. The van der Waals surface area contributed by atoms with Gasteiger partial charge in [0.15, 0.2) is 0 Å². The number of nitrogens with zero attached hydrogens (tertiary/aromatic N) is 1. The van der Waals surface area contributed by atoms with E-state index in [4.69, 9.17) is 5.73 Å². The molecule has 3 aliphatic rings. The van der Waals surface area contributed by atoms with Crippen molar-refractivity contribution in [2.45, 2.75) is 62.9 Å². The highest BCUT2D eigenvalue weighted by molar-refractivity contribution is 7.99. The van der Waals surface area contributed by atoms with E-state index in [2.05, 4.69) is 16.7 Å². The molecule has 2 aliphatic heterocycles. The highest BCUT2D eigenvalue weighted by Gasteiger charge is 2.44. The summed E-state index contributed by atoms with van der Waals surface area (Å²) in [4.78, 5) is 2.89. The van der Waals surface area contributed by atoms with Gasteiger partial charge in [-0.25, -0.2) is 0 Å². The van der Waals surface area contributed by atoms with Crippen molar-refractivity contribution in [3.05, 3.63) is 0 Å². The zero-order valence-corrected chi connectivity index (χ0v) is 12.4. The molecule has 0 spiro atoms. The fourth-order valence-electron chi connectivity index (χ4n) is 4.57. The van der Waals surface area contributed by atoms with E-state index < -0.39 is 0 Å². The van der Waals surface area contributed by atoms with E-state index >= 15 is 0 Å². The molecule has 2 atom stereocenters. The fraction of sp³-hybridized carbons (Fsp3) is 1.00. The number of likely N-dealkylation sites (tertiary alicyclic amines) is 1. The van der Waals surface area contributed by atoms with Gasteiger partial charge in [0.1, 0.15) is 0 Å². The van der Waals surface area contributed by atoms with Crippen molar-refractivity contribution >= 4 is 11.8 Å². The monoisotopic (exact) mass is 268 g/mol. The van der Waals surface area contributed by atoms with Gasteiger partial charge < -0.3 is 5.73 Å². The minimum absolute atomic E-state index is 0.367. The molecule has 0 aromatic heterocycles. The van der Waals surface area contributed by atoms with Gasteiger partial charge in [0, 0.05) is 18.1 Å². The van der Waals surface area contributed by atoms with Gasteiger partial charge in [0.2, 0.25) is 0 Å². The smallest absolute Gasteiger partial charge is 0.0350 e. The molecule has 3 rings (SSSR count). The third-order valence-electron chi connectivity index (χ3n) is 5.66. The molecule has 2 saturated heterocycles. The van der Waals surface area contributed by atoms with Crippen molar-refractivity contribution in [2.75, 3.05) is 24.6 Å². The van der Waals surface area contributed by atoms with Gasteiger partial charge >= 0.3 is 0 Å². The molecule has 0 amide bonds. The molecular weight excluding hydrogens is 240 g/mol. The van der Waals surface area contributed by atoms with Crippen LogP contribution in [0.25, 0.3) is 0 Å². The highest BCUT2D eigenvalue weighted by atomic mass is 32.2. The lowest BCUT2D eigenvalue weighted by Gasteiger charge is -2.55. The molecule has 2 heterocycles. The topological polar surface area (TPSA) is 29.3 Å². The molecule has 0 radical (unpaired) electrons. The molecule has 3 fully saturated rings. The Kier molecular flexibility index (Phi) is 4.21. The third-order valence-corrected chi connectivity index (χ3v) is 6.64. The summed E-state index contributed by atoms with van der Waals surface area (Å²) in [5.74, 6) is 3.64. The second kappa shape index (κ2) is 5.72. The van der Waals surface area contributed by atoms with E-state index in [0.717, 1.165) is 18.5 Å². The summed E-state index contributed by atoms with van der Waals surface area (Å²) >= 11 is 2.12. The molecule has 1 saturated carbocycles. The zero-order chi connectivity index (χ0) is 12.4. The summed E-state index contributed by atoms with van der Waals surface area (Å²) in [7, 11) is 0. The minimum atomic E-state index is 0.367. The zero-order valence-electron chi connectivity index (χ0n) is 11.6. The van der Waals surface area contributed by atoms with E-state index in [1.165, 1.54) is 69.4 Å². The second-order valence-corrected chi connectivity index (χ2v) is 7.71. The van der Waals surface area contributed by atoms with E-state index in [0.29, 0.717) is 5.54 Å². The summed E-state index contributed by atoms with van der Waals surface area (Å²) < 4.78 is 0. The van der Waals surface area contributed by atoms with Crippen LogP contribution in [0.15, 0.2) is 0 Å². The molecule has 1 aliphatic carbocycles. The Labute approximate surface area is 116 Å². The van der Waals surface area contributed by atoms with Crippen LogP contribution in [0.5, 0.6) is 0 Å². The summed E-state index contributed by atoms with van der Waals surface area (Å²) in [5, 5.41) is 0. The predicted molar refractivity (Wildman–Crippen MR) is 80.0 cm³/mol. The first-order valence-electron chi connectivity index (χ1n) is 7.90. The number of piperidine rings is 1. The van der Waals surface area contributed by atoms with Crippen LogP contribution in [0.1, 0.15) is 51.4 Å². The summed E-state index contributed by atoms with van der Waals surface area (Å²) in [5.41, 5.74) is 6.61. The van der Waals surface area contributed by atoms with Crippen LogP contribution in [0.4, 0.5) is 0 Å². The van der Waals surface area contributed by atoms with Crippen LogP contribution in [-0.4, -0.2) is 41.1 Å². The average Bonchev–Trinajstić information content (AvgIpc) is 2.47. The first-order valence-corrected chi connectivity index (χ1v) is 9.06. The van der Waals surface area contributed by atoms with Gasteiger partial charge in [-0.2, -0.15) is 11.8 Å². The Morgan fingerprint density at radius 2 is 1.78 bits per heavy atom. The number of hydrogen-bond donors (Lipinski definition) is 1. The lowest BCUT2D eigenvalue weighted by atomic mass is 9.75. The molecule has 0 aromatic carbocycles. The summed E-state index contributed by atoms with van der Waals surface area (Å²) in [6, 6.07) is 0.874. The Bertz CT molecular complexity index is 274. The van der Waals surface area contributed by atoms with Gasteiger partial charge in [-0.15, -0.1) is 0 Å². The minimum Gasteiger partial charge on any atom is -0.329 e. The maximum absolute atomic E-state index is 6.24. The second-order valence-electron chi connectivity index (χ2n) is 6.49. The predicted octanol–water partition coefficient (Wildman–Crippen LogP) is 2.87. The molecule has 104 valence electrons. The maximum Gasteiger partial charge on any atom is 0.0350 e. The number of hydrogen-bond acceptors (Lipinski definition) is 3. The van der Waals surface area contributed by atoms with Crippen molar-refractivity contribution in [3.63, 3.8) is 0 Å².